The van der Waals surface area contributed by atoms with Gasteiger partial charge < -0.3 is 25.0 Å². The molecule has 0 aliphatic rings. The van der Waals surface area contributed by atoms with Crippen molar-refractivity contribution in [3.05, 3.63) is 0 Å². The molecule has 0 heterocycles. The van der Waals surface area contributed by atoms with Crippen molar-refractivity contribution < 1.29 is 14.3 Å². The van der Waals surface area contributed by atoms with Gasteiger partial charge >= 0.3 is 6.09 Å². The van der Waals surface area contributed by atoms with E-state index in [9.17, 15) is 4.79 Å². The molecule has 7 heteroatoms. The first-order valence-electron chi connectivity index (χ1n) is 7.83. The topological polar surface area (TPSA) is 75.2 Å². The predicted octanol–water partition coefficient (Wildman–Crippen LogP) is 1.44. The van der Waals surface area contributed by atoms with E-state index in [0.717, 1.165) is 19.0 Å². The zero-order valence-corrected chi connectivity index (χ0v) is 14.9. The van der Waals surface area contributed by atoms with Gasteiger partial charge in [0, 0.05) is 33.3 Å². The summed E-state index contributed by atoms with van der Waals surface area (Å²) in [7, 11) is 1.61. The predicted molar refractivity (Wildman–Crippen MR) is 89.3 cm³/mol. The maximum atomic E-state index is 12.2. The number of hydrogen-bond donors (Lipinski definition) is 2. The highest BCUT2D eigenvalue weighted by Gasteiger charge is 2.21. The minimum absolute atomic E-state index is 0.340. The Morgan fingerprint density at radius 2 is 1.73 bits per heavy atom. The number of nitrogens with zero attached hydrogens (tertiary/aromatic N) is 2. The monoisotopic (exact) mass is 316 g/mol. The second-order valence-corrected chi connectivity index (χ2v) is 5.75. The van der Waals surface area contributed by atoms with Crippen LogP contribution in [-0.4, -0.2) is 69.0 Å². The highest BCUT2D eigenvalue weighted by atomic mass is 16.6. The van der Waals surface area contributed by atoms with Crippen LogP contribution in [0.25, 0.3) is 0 Å². The van der Waals surface area contributed by atoms with Crippen LogP contribution in [0.5, 0.6) is 0 Å². The number of carbonyl (C=O) groups is 1. The molecule has 0 rings (SSSR count). The van der Waals surface area contributed by atoms with E-state index < -0.39 is 5.60 Å². The average Bonchev–Trinajstić information content (AvgIpc) is 2.40. The molecule has 0 aromatic carbocycles. The molecule has 0 radical (unpaired) electrons. The molecule has 0 aromatic heterocycles. The number of ether oxygens (including phenoxy) is 2. The quantitative estimate of drug-likeness (QED) is 0.523. The van der Waals surface area contributed by atoms with Gasteiger partial charge in [-0.05, 0) is 34.6 Å². The summed E-state index contributed by atoms with van der Waals surface area (Å²) in [4.78, 5) is 18.2. The van der Waals surface area contributed by atoms with Gasteiger partial charge in [-0.1, -0.05) is 0 Å². The Kier molecular flexibility index (Phi) is 10.4. The van der Waals surface area contributed by atoms with Crippen molar-refractivity contribution in [3.63, 3.8) is 0 Å². The molecule has 0 aliphatic carbocycles. The van der Waals surface area contributed by atoms with Crippen molar-refractivity contribution in [1.29, 1.82) is 0 Å². The van der Waals surface area contributed by atoms with Crippen LogP contribution in [0.3, 0.4) is 0 Å². The van der Waals surface area contributed by atoms with Crippen LogP contribution in [0.1, 0.15) is 34.6 Å². The number of hydrogen-bond acceptors (Lipinski definition) is 4. The molecule has 2 N–H and O–H groups in total. The molecule has 22 heavy (non-hydrogen) atoms. The first kappa shape index (κ1) is 20.5. The van der Waals surface area contributed by atoms with Crippen molar-refractivity contribution in [2.75, 3.05) is 46.4 Å². The fourth-order valence-electron chi connectivity index (χ4n) is 1.61. The van der Waals surface area contributed by atoms with E-state index in [0.29, 0.717) is 26.2 Å². The molecular weight excluding hydrogens is 284 g/mol. The summed E-state index contributed by atoms with van der Waals surface area (Å²) in [5.74, 6) is 0.751. The SMILES string of the molecule is CCNC(=NCCN(CCOC)C(=O)OC(C)(C)C)NCC. The van der Waals surface area contributed by atoms with Gasteiger partial charge in [-0.2, -0.15) is 0 Å². The average molecular weight is 316 g/mol. The maximum Gasteiger partial charge on any atom is 0.410 e. The van der Waals surface area contributed by atoms with E-state index in [2.05, 4.69) is 15.6 Å². The van der Waals surface area contributed by atoms with Crippen molar-refractivity contribution >= 4 is 12.1 Å². The van der Waals surface area contributed by atoms with E-state index in [-0.39, 0.29) is 6.09 Å². The third-order valence-corrected chi connectivity index (χ3v) is 2.55. The summed E-state index contributed by atoms with van der Waals surface area (Å²) < 4.78 is 10.4. The normalized spacial score (nSPS) is 10.8. The van der Waals surface area contributed by atoms with Gasteiger partial charge in [0.2, 0.25) is 0 Å². The number of nitrogens with one attached hydrogen (secondary N) is 2. The summed E-state index contributed by atoms with van der Waals surface area (Å²) in [6, 6.07) is 0. The molecular formula is C15H32N4O3. The van der Waals surface area contributed by atoms with E-state index in [1.54, 1.807) is 12.0 Å². The Bertz CT molecular complexity index is 332. The number of guanidine groups is 1. The van der Waals surface area contributed by atoms with Crippen LogP contribution in [0.4, 0.5) is 4.79 Å². The zero-order chi connectivity index (χ0) is 17.0. The van der Waals surface area contributed by atoms with E-state index in [1.807, 2.05) is 34.6 Å². The van der Waals surface area contributed by atoms with Crippen LogP contribution in [-0.2, 0) is 9.47 Å². The number of carbonyl (C=O) groups excluding carboxylic acids is 1. The van der Waals surface area contributed by atoms with Gasteiger partial charge in [0.15, 0.2) is 5.96 Å². The standard InChI is InChI=1S/C15H32N4O3/c1-7-16-13(17-8-2)18-9-10-19(11-12-21-6)14(20)22-15(3,4)5/h7-12H2,1-6H3,(H2,16,17,18). The van der Waals surface area contributed by atoms with Gasteiger partial charge in [-0.25, -0.2) is 4.79 Å². The second-order valence-electron chi connectivity index (χ2n) is 5.75. The Labute approximate surface area is 134 Å². The molecule has 0 spiro atoms. The third-order valence-electron chi connectivity index (χ3n) is 2.55. The Balaban J connectivity index is 4.57. The van der Waals surface area contributed by atoms with Gasteiger partial charge in [-0.15, -0.1) is 0 Å². The molecule has 0 saturated heterocycles. The third kappa shape index (κ3) is 10.3. The summed E-state index contributed by atoms with van der Waals surface area (Å²) >= 11 is 0. The minimum atomic E-state index is -0.510. The lowest BCUT2D eigenvalue weighted by atomic mass is 10.2. The number of amides is 1. The lowest BCUT2D eigenvalue weighted by Gasteiger charge is -2.27. The first-order valence-corrected chi connectivity index (χ1v) is 7.83. The molecule has 0 aromatic rings. The zero-order valence-electron chi connectivity index (χ0n) is 14.9. The molecule has 0 fully saturated rings. The van der Waals surface area contributed by atoms with Crippen molar-refractivity contribution in [3.8, 4) is 0 Å². The number of methoxy groups -OCH3 is 1. The molecule has 0 bridgehead atoms. The Hall–Kier alpha value is -1.50. The summed E-state index contributed by atoms with van der Waals surface area (Å²) in [6.07, 6.45) is -0.340. The molecule has 0 atom stereocenters. The Morgan fingerprint density at radius 1 is 1.14 bits per heavy atom. The lowest BCUT2D eigenvalue weighted by Crippen LogP contribution is -2.41. The molecule has 1 amide bonds. The van der Waals surface area contributed by atoms with Crippen molar-refractivity contribution in [2.45, 2.75) is 40.2 Å². The maximum absolute atomic E-state index is 12.2. The molecule has 7 nitrogen and oxygen atoms in total. The van der Waals surface area contributed by atoms with Crippen LogP contribution in [0.15, 0.2) is 4.99 Å². The summed E-state index contributed by atoms with van der Waals surface area (Å²) in [6.45, 7) is 13.1. The lowest BCUT2D eigenvalue weighted by molar-refractivity contribution is 0.0208. The number of rotatable bonds is 8. The van der Waals surface area contributed by atoms with Crippen molar-refractivity contribution in [1.82, 2.24) is 15.5 Å². The molecule has 130 valence electrons. The number of aliphatic imine (C=N–C) groups is 1. The Morgan fingerprint density at radius 3 is 2.18 bits per heavy atom. The fraction of sp³-hybridized carbons (Fsp3) is 0.867. The molecule has 0 saturated carbocycles. The van der Waals surface area contributed by atoms with Gasteiger partial charge in [0.25, 0.3) is 0 Å². The summed E-state index contributed by atoms with van der Waals surface area (Å²) in [5.41, 5.74) is -0.510. The molecule has 0 aliphatic heterocycles. The fourth-order valence-corrected chi connectivity index (χ4v) is 1.61. The van der Waals surface area contributed by atoms with Crippen LogP contribution >= 0.6 is 0 Å². The van der Waals surface area contributed by atoms with Crippen LogP contribution in [0.2, 0.25) is 0 Å². The summed E-state index contributed by atoms with van der Waals surface area (Å²) in [5, 5.41) is 6.29. The first-order chi connectivity index (χ1) is 10.3. The van der Waals surface area contributed by atoms with Gasteiger partial charge in [0.05, 0.1) is 13.2 Å². The van der Waals surface area contributed by atoms with Crippen LogP contribution in [0, 0.1) is 0 Å². The van der Waals surface area contributed by atoms with Crippen LogP contribution < -0.4 is 10.6 Å². The van der Waals surface area contributed by atoms with Crippen molar-refractivity contribution in [2.24, 2.45) is 4.99 Å². The largest absolute Gasteiger partial charge is 0.444 e. The second kappa shape index (κ2) is 11.1. The smallest absolute Gasteiger partial charge is 0.410 e. The van der Waals surface area contributed by atoms with E-state index in [4.69, 9.17) is 9.47 Å². The van der Waals surface area contributed by atoms with Gasteiger partial charge in [-0.3, -0.25) is 4.99 Å². The highest BCUT2D eigenvalue weighted by molar-refractivity contribution is 5.79. The minimum Gasteiger partial charge on any atom is -0.444 e. The highest BCUT2D eigenvalue weighted by Crippen LogP contribution is 2.09. The van der Waals surface area contributed by atoms with Gasteiger partial charge in [0.1, 0.15) is 5.60 Å². The van der Waals surface area contributed by atoms with E-state index in [1.165, 1.54) is 0 Å². The van der Waals surface area contributed by atoms with E-state index >= 15 is 0 Å². The molecule has 0 unspecified atom stereocenters.